The van der Waals surface area contributed by atoms with Crippen molar-refractivity contribution < 1.29 is 19.0 Å². The number of nitrogens with one attached hydrogen (secondary N) is 1. The molecule has 17 heavy (non-hydrogen) atoms. The van der Waals surface area contributed by atoms with Crippen LogP contribution in [0.5, 0.6) is 11.5 Å². The van der Waals surface area contributed by atoms with E-state index in [1.807, 2.05) is 0 Å². The average molecular weight is 241 g/mol. The summed E-state index contributed by atoms with van der Waals surface area (Å²) in [7, 11) is 1.70. The lowest BCUT2D eigenvalue weighted by atomic mass is 10.1. The van der Waals surface area contributed by atoms with E-state index in [-0.39, 0.29) is 17.9 Å². The highest BCUT2D eigenvalue weighted by molar-refractivity contribution is 5.45. The smallest absolute Gasteiger partial charge is 0.197 e. The molecule has 94 valence electrons. The quantitative estimate of drug-likeness (QED) is 0.836. The summed E-state index contributed by atoms with van der Waals surface area (Å²) >= 11 is 0. The molecule has 0 amide bonds. The lowest BCUT2D eigenvalue weighted by Crippen LogP contribution is -2.18. The molecular weight excluding hydrogens is 225 g/mol. The van der Waals surface area contributed by atoms with Crippen LogP contribution in [0.4, 0.5) is 4.39 Å². The predicted molar refractivity (Wildman–Crippen MR) is 60.9 cm³/mol. The molecule has 4 nitrogen and oxygen atoms in total. The van der Waals surface area contributed by atoms with E-state index < -0.39 is 11.9 Å². The maximum atomic E-state index is 14.1. The van der Waals surface area contributed by atoms with Gasteiger partial charge in [-0.1, -0.05) is 0 Å². The highest BCUT2D eigenvalue weighted by atomic mass is 19.1. The van der Waals surface area contributed by atoms with Crippen LogP contribution in [-0.2, 0) is 0 Å². The van der Waals surface area contributed by atoms with Crippen molar-refractivity contribution in [2.24, 2.45) is 0 Å². The molecule has 1 aliphatic rings. The third-order valence-electron chi connectivity index (χ3n) is 2.64. The summed E-state index contributed by atoms with van der Waals surface area (Å²) in [5.74, 6) is -0.0253. The number of fused-ring (bicyclic) bond motifs is 1. The second-order valence-electron chi connectivity index (χ2n) is 3.92. The first-order chi connectivity index (χ1) is 8.24. The third kappa shape index (κ3) is 2.50. The van der Waals surface area contributed by atoms with E-state index >= 15 is 0 Å². The molecule has 5 heteroatoms. The van der Waals surface area contributed by atoms with Crippen molar-refractivity contribution in [3.05, 3.63) is 23.5 Å². The highest BCUT2D eigenvalue weighted by Gasteiger charge is 2.21. The summed E-state index contributed by atoms with van der Waals surface area (Å²) in [5, 5.41) is 12.6. The molecule has 1 aromatic rings. The minimum absolute atomic E-state index is 0.107. The van der Waals surface area contributed by atoms with E-state index in [2.05, 4.69) is 5.32 Å². The summed E-state index contributed by atoms with van der Waals surface area (Å²) in [4.78, 5) is 0. The second-order valence-corrected chi connectivity index (χ2v) is 3.92. The Labute approximate surface area is 99.4 Å². The largest absolute Gasteiger partial charge is 0.489 e. The highest BCUT2D eigenvalue weighted by Crippen LogP contribution is 2.36. The number of rotatable bonds is 3. The van der Waals surface area contributed by atoms with Crippen molar-refractivity contribution in [1.29, 1.82) is 0 Å². The fraction of sp³-hybridized carbons (Fsp3) is 0.500. The predicted octanol–water partition coefficient (Wildman–Crippen LogP) is 1.24. The SMILES string of the molecule is CNCC(O)c1ccc2c(c1F)OCCCO2. The topological polar surface area (TPSA) is 50.7 Å². The van der Waals surface area contributed by atoms with Gasteiger partial charge in [0.2, 0.25) is 0 Å². The molecule has 0 spiro atoms. The van der Waals surface area contributed by atoms with Crippen LogP contribution < -0.4 is 14.8 Å². The number of aliphatic hydroxyl groups excluding tert-OH is 1. The van der Waals surface area contributed by atoms with Gasteiger partial charge in [0.25, 0.3) is 0 Å². The van der Waals surface area contributed by atoms with Crippen LogP contribution in [-0.4, -0.2) is 31.9 Å². The summed E-state index contributed by atoms with van der Waals surface area (Å²) in [6, 6.07) is 3.17. The molecule has 0 bridgehead atoms. The maximum Gasteiger partial charge on any atom is 0.197 e. The van der Waals surface area contributed by atoms with Gasteiger partial charge in [0, 0.05) is 18.5 Å². The van der Waals surface area contributed by atoms with Crippen molar-refractivity contribution >= 4 is 0 Å². The molecule has 0 aliphatic carbocycles. The van der Waals surface area contributed by atoms with Gasteiger partial charge in [-0.2, -0.15) is 0 Å². The van der Waals surface area contributed by atoms with E-state index in [0.29, 0.717) is 19.0 Å². The molecule has 1 heterocycles. The number of ether oxygens (including phenoxy) is 2. The van der Waals surface area contributed by atoms with Crippen LogP contribution in [0, 0.1) is 5.82 Å². The van der Waals surface area contributed by atoms with Gasteiger partial charge in [-0.25, -0.2) is 4.39 Å². The minimum atomic E-state index is -0.892. The molecule has 1 unspecified atom stereocenters. The van der Waals surface area contributed by atoms with Crippen LogP contribution in [0.3, 0.4) is 0 Å². The van der Waals surface area contributed by atoms with Gasteiger partial charge in [-0.3, -0.25) is 0 Å². The first kappa shape index (κ1) is 12.1. The zero-order chi connectivity index (χ0) is 12.3. The summed E-state index contributed by atoms with van der Waals surface area (Å²) in [5.41, 5.74) is 0.226. The molecule has 1 aliphatic heterocycles. The third-order valence-corrected chi connectivity index (χ3v) is 2.64. The van der Waals surface area contributed by atoms with Crippen LogP contribution in [0.1, 0.15) is 18.1 Å². The summed E-state index contributed by atoms with van der Waals surface area (Å²) in [6.07, 6.45) is -0.167. The zero-order valence-electron chi connectivity index (χ0n) is 9.70. The van der Waals surface area contributed by atoms with E-state index in [9.17, 15) is 9.50 Å². The van der Waals surface area contributed by atoms with Gasteiger partial charge in [0.15, 0.2) is 17.3 Å². The fourth-order valence-corrected chi connectivity index (χ4v) is 1.78. The minimum Gasteiger partial charge on any atom is -0.489 e. The monoisotopic (exact) mass is 241 g/mol. The number of likely N-dealkylation sites (N-methyl/N-ethyl adjacent to an activating group) is 1. The van der Waals surface area contributed by atoms with Crippen molar-refractivity contribution in [3.63, 3.8) is 0 Å². The average Bonchev–Trinajstić information content (AvgIpc) is 2.55. The Morgan fingerprint density at radius 2 is 2.18 bits per heavy atom. The van der Waals surface area contributed by atoms with Crippen LogP contribution >= 0.6 is 0 Å². The van der Waals surface area contributed by atoms with E-state index in [0.717, 1.165) is 6.42 Å². The Bertz CT molecular complexity index is 398. The van der Waals surface area contributed by atoms with E-state index in [4.69, 9.17) is 9.47 Å². The second kappa shape index (κ2) is 5.33. The van der Waals surface area contributed by atoms with Crippen LogP contribution in [0.25, 0.3) is 0 Å². The number of hydrogen-bond donors (Lipinski definition) is 2. The first-order valence-corrected chi connectivity index (χ1v) is 5.64. The van der Waals surface area contributed by atoms with E-state index in [1.165, 1.54) is 6.07 Å². The van der Waals surface area contributed by atoms with E-state index in [1.54, 1.807) is 13.1 Å². The molecule has 2 rings (SSSR count). The Hall–Kier alpha value is -1.33. The molecule has 1 aromatic carbocycles. The zero-order valence-corrected chi connectivity index (χ0v) is 9.70. The molecule has 2 N–H and O–H groups in total. The number of halogens is 1. The lowest BCUT2D eigenvalue weighted by Gasteiger charge is -2.15. The molecule has 0 saturated heterocycles. The Kier molecular flexibility index (Phi) is 3.81. The van der Waals surface area contributed by atoms with Crippen molar-refractivity contribution in [3.8, 4) is 11.5 Å². The van der Waals surface area contributed by atoms with Gasteiger partial charge in [-0.05, 0) is 19.2 Å². The van der Waals surface area contributed by atoms with Gasteiger partial charge in [-0.15, -0.1) is 0 Å². The number of aliphatic hydroxyl groups is 1. The molecule has 0 radical (unpaired) electrons. The van der Waals surface area contributed by atoms with Gasteiger partial charge < -0.3 is 19.9 Å². The molecule has 1 atom stereocenters. The Morgan fingerprint density at radius 3 is 2.94 bits per heavy atom. The van der Waals surface area contributed by atoms with Crippen LogP contribution in [0.15, 0.2) is 12.1 Å². The van der Waals surface area contributed by atoms with Crippen molar-refractivity contribution in [2.45, 2.75) is 12.5 Å². The lowest BCUT2D eigenvalue weighted by molar-refractivity contribution is 0.171. The molecule has 0 fully saturated rings. The van der Waals surface area contributed by atoms with Crippen LogP contribution in [0.2, 0.25) is 0 Å². The molecule has 0 aromatic heterocycles. The van der Waals surface area contributed by atoms with Gasteiger partial charge >= 0.3 is 0 Å². The fourth-order valence-electron chi connectivity index (χ4n) is 1.78. The molecular formula is C12H16FNO3. The van der Waals surface area contributed by atoms with Crippen molar-refractivity contribution in [2.75, 3.05) is 26.8 Å². The summed E-state index contributed by atoms with van der Waals surface area (Å²) in [6.45, 7) is 1.23. The number of hydrogen-bond acceptors (Lipinski definition) is 4. The molecule has 0 saturated carbocycles. The summed E-state index contributed by atoms with van der Waals surface area (Å²) < 4.78 is 24.8. The Balaban J connectivity index is 2.33. The normalized spacial score (nSPS) is 16.4. The van der Waals surface area contributed by atoms with Gasteiger partial charge in [0.1, 0.15) is 0 Å². The standard InChI is InChI=1S/C12H16FNO3/c1-14-7-9(15)8-3-4-10-12(11(8)13)17-6-2-5-16-10/h3-4,9,14-15H,2,5-7H2,1H3. The van der Waals surface area contributed by atoms with Crippen molar-refractivity contribution in [1.82, 2.24) is 5.32 Å². The van der Waals surface area contributed by atoms with Gasteiger partial charge in [0.05, 0.1) is 19.3 Å². The first-order valence-electron chi connectivity index (χ1n) is 5.64. The maximum absolute atomic E-state index is 14.1. The Morgan fingerprint density at radius 1 is 1.41 bits per heavy atom. The number of benzene rings is 1.